The quantitative estimate of drug-likeness (QED) is 0.733. The van der Waals surface area contributed by atoms with E-state index in [4.69, 9.17) is 5.26 Å². The molecule has 8 heteroatoms. The van der Waals surface area contributed by atoms with Crippen molar-refractivity contribution in [3.05, 3.63) is 64.1 Å². The van der Waals surface area contributed by atoms with Gasteiger partial charge >= 0.3 is 6.03 Å². The van der Waals surface area contributed by atoms with Crippen LogP contribution in [0.5, 0.6) is 0 Å². The van der Waals surface area contributed by atoms with Gasteiger partial charge in [-0.2, -0.15) is 5.26 Å². The second-order valence-electron chi connectivity index (χ2n) is 6.19. The zero-order valence-electron chi connectivity index (χ0n) is 14.3. The molecule has 136 valence electrons. The number of amides is 4. The van der Waals surface area contributed by atoms with Gasteiger partial charge in [0.1, 0.15) is 12.1 Å². The number of anilines is 1. The molecule has 4 amide bonds. The Kier molecular flexibility index (Phi) is 4.97. The van der Waals surface area contributed by atoms with Crippen molar-refractivity contribution in [2.75, 3.05) is 11.9 Å². The summed E-state index contributed by atoms with van der Waals surface area (Å²) in [4.78, 5) is 38.3. The third-order valence-corrected chi connectivity index (χ3v) is 4.77. The van der Waals surface area contributed by atoms with Crippen molar-refractivity contribution in [3.63, 3.8) is 0 Å². The van der Waals surface area contributed by atoms with Crippen LogP contribution in [0.3, 0.4) is 0 Å². The monoisotopic (exact) mass is 426 g/mol. The van der Waals surface area contributed by atoms with Gasteiger partial charge in [-0.1, -0.05) is 34.1 Å². The molecule has 1 atom stereocenters. The number of urea groups is 1. The topological polar surface area (TPSA) is 102 Å². The van der Waals surface area contributed by atoms with E-state index in [-0.39, 0.29) is 0 Å². The fraction of sp³-hybridized carbons (Fsp3) is 0.158. The Bertz CT molecular complexity index is 968. The molecule has 1 fully saturated rings. The van der Waals surface area contributed by atoms with E-state index in [1.807, 2.05) is 12.1 Å². The van der Waals surface area contributed by atoms with E-state index in [1.54, 1.807) is 49.4 Å². The largest absolute Gasteiger partial charge is 0.325 e. The van der Waals surface area contributed by atoms with Crippen LogP contribution in [0.4, 0.5) is 10.5 Å². The van der Waals surface area contributed by atoms with Gasteiger partial charge in [-0.25, -0.2) is 4.79 Å². The highest BCUT2D eigenvalue weighted by Crippen LogP contribution is 2.29. The smallest absolute Gasteiger partial charge is 0.324 e. The summed E-state index contributed by atoms with van der Waals surface area (Å²) in [6.07, 6.45) is 0. The molecule has 0 spiro atoms. The summed E-state index contributed by atoms with van der Waals surface area (Å²) in [6.45, 7) is 1.17. The third-order valence-electron chi connectivity index (χ3n) is 4.28. The van der Waals surface area contributed by atoms with Crippen LogP contribution in [-0.4, -0.2) is 29.3 Å². The second kappa shape index (κ2) is 7.21. The molecule has 0 aliphatic carbocycles. The third kappa shape index (κ3) is 3.68. The van der Waals surface area contributed by atoms with E-state index in [0.29, 0.717) is 16.8 Å². The number of carbonyl (C=O) groups excluding carboxylic acids is 3. The van der Waals surface area contributed by atoms with Crippen LogP contribution in [0.15, 0.2) is 53.0 Å². The minimum Gasteiger partial charge on any atom is -0.324 e. The number of rotatable bonds is 4. The zero-order chi connectivity index (χ0) is 19.6. The maximum Gasteiger partial charge on any atom is 0.325 e. The molecule has 1 aliphatic heterocycles. The van der Waals surface area contributed by atoms with Gasteiger partial charge in [0.15, 0.2) is 0 Å². The van der Waals surface area contributed by atoms with E-state index in [0.717, 1.165) is 9.37 Å². The average molecular weight is 427 g/mol. The van der Waals surface area contributed by atoms with Crippen LogP contribution in [0, 0.1) is 11.3 Å². The summed E-state index contributed by atoms with van der Waals surface area (Å²) in [5.41, 5.74) is 0.247. The zero-order valence-corrected chi connectivity index (χ0v) is 15.9. The first-order chi connectivity index (χ1) is 12.8. The number of nitrogens with one attached hydrogen (secondary N) is 2. The lowest BCUT2D eigenvalue weighted by Gasteiger charge is -2.22. The lowest BCUT2D eigenvalue weighted by Crippen LogP contribution is -2.42. The summed E-state index contributed by atoms with van der Waals surface area (Å²) in [7, 11) is 0. The summed E-state index contributed by atoms with van der Waals surface area (Å²) < 4.78 is 0.795. The number of nitriles is 1. The SMILES string of the molecule is CC1(c2ccc(C#N)cc2)NC(=O)N(CC(=O)Nc2cccc(Br)c2)C1=O. The summed E-state index contributed by atoms with van der Waals surface area (Å²) in [5, 5.41) is 14.2. The highest BCUT2D eigenvalue weighted by atomic mass is 79.9. The predicted molar refractivity (Wildman–Crippen MR) is 102 cm³/mol. The number of hydrogen-bond acceptors (Lipinski definition) is 4. The van der Waals surface area contributed by atoms with Crippen LogP contribution in [0.1, 0.15) is 18.1 Å². The molecular weight excluding hydrogens is 412 g/mol. The number of benzene rings is 2. The number of hydrogen-bond donors (Lipinski definition) is 2. The molecule has 0 aromatic heterocycles. The van der Waals surface area contributed by atoms with Gasteiger partial charge in [0, 0.05) is 10.2 Å². The fourth-order valence-electron chi connectivity index (χ4n) is 2.82. The first kappa shape index (κ1) is 18.6. The molecule has 3 rings (SSSR count). The first-order valence-corrected chi connectivity index (χ1v) is 8.83. The van der Waals surface area contributed by atoms with E-state index in [9.17, 15) is 14.4 Å². The maximum absolute atomic E-state index is 12.8. The standard InChI is InChI=1S/C19H15BrN4O3/c1-19(13-7-5-12(10-21)6-8-13)17(26)24(18(27)23-19)11-16(25)22-15-4-2-3-14(20)9-15/h2-9H,11H2,1H3,(H,22,25)(H,23,27). The second-order valence-corrected chi connectivity index (χ2v) is 7.11. The summed E-state index contributed by atoms with van der Waals surface area (Å²) in [5.74, 6) is -1.01. The lowest BCUT2D eigenvalue weighted by molar-refractivity contribution is -0.133. The predicted octanol–water partition coefficient (Wildman–Crippen LogP) is 2.73. The molecule has 7 nitrogen and oxygen atoms in total. The Morgan fingerprint density at radius 2 is 1.96 bits per heavy atom. The Hall–Kier alpha value is -3.18. The minimum atomic E-state index is -1.29. The lowest BCUT2D eigenvalue weighted by atomic mass is 9.91. The van der Waals surface area contributed by atoms with Crippen molar-refractivity contribution in [2.45, 2.75) is 12.5 Å². The van der Waals surface area contributed by atoms with Gasteiger partial charge in [0.25, 0.3) is 5.91 Å². The number of imide groups is 1. The maximum atomic E-state index is 12.8. The molecular formula is C19H15BrN4O3. The van der Waals surface area contributed by atoms with E-state index in [2.05, 4.69) is 26.6 Å². The van der Waals surface area contributed by atoms with Crippen LogP contribution >= 0.6 is 15.9 Å². The van der Waals surface area contributed by atoms with Gasteiger partial charge in [-0.3, -0.25) is 14.5 Å². The van der Waals surface area contributed by atoms with E-state index < -0.39 is 29.9 Å². The number of halogens is 1. The van der Waals surface area contributed by atoms with Crippen molar-refractivity contribution >= 4 is 39.5 Å². The van der Waals surface area contributed by atoms with Gasteiger partial charge in [-0.15, -0.1) is 0 Å². The van der Waals surface area contributed by atoms with Crippen molar-refractivity contribution < 1.29 is 14.4 Å². The Morgan fingerprint density at radius 1 is 1.26 bits per heavy atom. The molecule has 1 heterocycles. The van der Waals surface area contributed by atoms with Crippen LogP contribution in [0.2, 0.25) is 0 Å². The Labute approximate surface area is 164 Å². The average Bonchev–Trinajstić information content (AvgIpc) is 2.86. The van der Waals surface area contributed by atoms with Crippen molar-refractivity contribution in [2.24, 2.45) is 0 Å². The molecule has 27 heavy (non-hydrogen) atoms. The van der Waals surface area contributed by atoms with Crippen molar-refractivity contribution in [3.8, 4) is 6.07 Å². The first-order valence-electron chi connectivity index (χ1n) is 8.03. The number of carbonyl (C=O) groups is 3. The molecule has 2 aromatic rings. The van der Waals surface area contributed by atoms with Crippen LogP contribution in [0.25, 0.3) is 0 Å². The molecule has 0 saturated carbocycles. The Morgan fingerprint density at radius 3 is 2.59 bits per heavy atom. The van der Waals surface area contributed by atoms with Gasteiger partial charge < -0.3 is 10.6 Å². The molecule has 0 bridgehead atoms. The van der Waals surface area contributed by atoms with E-state index >= 15 is 0 Å². The van der Waals surface area contributed by atoms with Crippen LogP contribution in [-0.2, 0) is 15.1 Å². The molecule has 2 N–H and O–H groups in total. The molecule has 1 aliphatic rings. The van der Waals surface area contributed by atoms with Crippen molar-refractivity contribution in [1.82, 2.24) is 10.2 Å². The normalized spacial score (nSPS) is 18.8. The molecule has 2 aromatic carbocycles. The number of nitrogens with zero attached hydrogens (tertiary/aromatic N) is 2. The van der Waals surface area contributed by atoms with Crippen molar-refractivity contribution in [1.29, 1.82) is 5.26 Å². The highest BCUT2D eigenvalue weighted by Gasteiger charge is 2.49. The van der Waals surface area contributed by atoms with E-state index in [1.165, 1.54) is 0 Å². The van der Waals surface area contributed by atoms with Gasteiger partial charge in [-0.05, 0) is 42.8 Å². The molecule has 0 radical (unpaired) electrons. The van der Waals surface area contributed by atoms with Gasteiger partial charge in [0.05, 0.1) is 11.6 Å². The minimum absolute atomic E-state index is 0.400. The van der Waals surface area contributed by atoms with Gasteiger partial charge in [0.2, 0.25) is 5.91 Å². The van der Waals surface area contributed by atoms with Crippen LogP contribution < -0.4 is 10.6 Å². The Balaban J connectivity index is 1.75. The molecule has 1 saturated heterocycles. The highest BCUT2D eigenvalue weighted by molar-refractivity contribution is 9.10. The summed E-state index contributed by atoms with van der Waals surface area (Å²) in [6, 6.07) is 14.7. The summed E-state index contributed by atoms with van der Waals surface area (Å²) >= 11 is 3.31. The fourth-order valence-corrected chi connectivity index (χ4v) is 3.22. The molecule has 1 unspecified atom stereocenters.